The van der Waals surface area contributed by atoms with Crippen molar-refractivity contribution in [3.8, 4) is 0 Å². The van der Waals surface area contributed by atoms with Gasteiger partial charge in [-0.05, 0) is 36.9 Å². The number of aliphatic carboxylic acids is 1. The second-order valence-electron chi connectivity index (χ2n) is 7.36. The fourth-order valence-corrected chi connectivity index (χ4v) is 5.05. The number of esters is 1. The van der Waals surface area contributed by atoms with Crippen LogP contribution in [0.3, 0.4) is 0 Å². The van der Waals surface area contributed by atoms with Crippen LogP contribution in [0.1, 0.15) is 27.9 Å². The van der Waals surface area contributed by atoms with Crippen molar-refractivity contribution in [1.82, 2.24) is 13.7 Å². The molecule has 166 valence electrons. The topological polar surface area (TPSA) is 113 Å². The van der Waals surface area contributed by atoms with Gasteiger partial charge < -0.3 is 14.4 Å². The molecule has 1 N–H and O–H groups in total. The Morgan fingerprint density at radius 1 is 1.16 bits per heavy atom. The third-order valence-electron chi connectivity index (χ3n) is 5.42. The predicted octanol–water partition coefficient (Wildman–Crippen LogP) is 2.33. The summed E-state index contributed by atoms with van der Waals surface area (Å²) < 4.78 is 9.00. The fraction of sp³-hybridized carbons (Fsp3) is 0.273. The van der Waals surface area contributed by atoms with Crippen LogP contribution >= 0.6 is 11.3 Å². The largest absolute Gasteiger partial charge is 0.480 e. The van der Waals surface area contributed by atoms with Crippen molar-refractivity contribution in [3.05, 3.63) is 67.3 Å². The Bertz CT molecular complexity index is 1500. The maximum Gasteiger partial charge on any atom is 0.348 e. The van der Waals surface area contributed by atoms with Crippen molar-refractivity contribution in [2.75, 3.05) is 6.61 Å². The lowest BCUT2D eigenvalue weighted by molar-refractivity contribution is -0.137. The van der Waals surface area contributed by atoms with Gasteiger partial charge in [0.15, 0.2) is 0 Å². The van der Waals surface area contributed by atoms with E-state index in [1.54, 1.807) is 13.8 Å². The average molecular weight is 455 g/mol. The highest BCUT2D eigenvalue weighted by molar-refractivity contribution is 7.20. The Balaban J connectivity index is 1.98. The number of hydrogen-bond acceptors (Lipinski definition) is 6. The van der Waals surface area contributed by atoms with Crippen LogP contribution in [0.15, 0.2) is 39.9 Å². The first-order valence-electron chi connectivity index (χ1n) is 9.93. The van der Waals surface area contributed by atoms with E-state index in [1.165, 1.54) is 0 Å². The molecule has 0 radical (unpaired) electrons. The lowest BCUT2D eigenvalue weighted by atomic mass is 10.2. The Labute approximate surface area is 185 Å². The van der Waals surface area contributed by atoms with Crippen LogP contribution in [-0.4, -0.2) is 37.4 Å². The summed E-state index contributed by atoms with van der Waals surface area (Å²) in [5.41, 5.74) is 0.718. The lowest BCUT2D eigenvalue weighted by Crippen LogP contribution is -2.41. The van der Waals surface area contributed by atoms with Gasteiger partial charge in [-0.25, -0.2) is 9.59 Å². The fourth-order valence-electron chi connectivity index (χ4n) is 3.86. The van der Waals surface area contributed by atoms with Gasteiger partial charge in [0.05, 0.1) is 18.5 Å². The molecule has 1 aromatic carbocycles. The Hall–Kier alpha value is -3.66. The molecule has 0 aliphatic rings. The van der Waals surface area contributed by atoms with Gasteiger partial charge >= 0.3 is 17.6 Å². The number of hydrogen-bond donors (Lipinski definition) is 1. The van der Waals surface area contributed by atoms with Gasteiger partial charge in [-0.15, -0.1) is 11.3 Å². The Morgan fingerprint density at radius 2 is 1.88 bits per heavy atom. The number of ether oxygens (including phenoxy) is 1. The van der Waals surface area contributed by atoms with Gasteiger partial charge in [0, 0.05) is 18.3 Å². The van der Waals surface area contributed by atoms with E-state index in [0.29, 0.717) is 11.3 Å². The highest BCUT2D eigenvalue weighted by Crippen LogP contribution is 2.29. The number of nitrogens with zero attached hydrogens (tertiary/aromatic N) is 3. The highest BCUT2D eigenvalue weighted by atomic mass is 32.1. The van der Waals surface area contributed by atoms with E-state index >= 15 is 0 Å². The second kappa shape index (κ2) is 8.12. The molecule has 32 heavy (non-hydrogen) atoms. The van der Waals surface area contributed by atoms with Crippen LogP contribution < -0.4 is 11.2 Å². The molecule has 3 aromatic heterocycles. The quantitative estimate of drug-likeness (QED) is 0.447. The van der Waals surface area contributed by atoms with Crippen molar-refractivity contribution in [2.45, 2.75) is 26.9 Å². The van der Waals surface area contributed by atoms with Crippen LogP contribution in [0.4, 0.5) is 0 Å². The molecule has 0 amide bonds. The van der Waals surface area contributed by atoms with E-state index in [0.717, 1.165) is 31.4 Å². The number of carboxylic acids is 1. The van der Waals surface area contributed by atoms with E-state index in [-0.39, 0.29) is 28.2 Å². The number of benzene rings is 1. The number of rotatable bonds is 6. The monoisotopic (exact) mass is 455 g/mol. The zero-order valence-corrected chi connectivity index (χ0v) is 18.6. The number of fused-ring (bicyclic) bond motifs is 2. The summed E-state index contributed by atoms with van der Waals surface area (Å²) in [6.07, 6.45) is 0. The molecule has 0 spiro atoms. The van der Waals surface area contributed by atoms with E-state index in [2.05, 4.69) is 0 Å². The first-order valence-corrected chi connectivity index (χ1v) is 10.7. The normalized spacial score (nSPS) is 11.3. The number of carbonyl (C=O) groups is 2. The maximum atomic E-state index is 13.4. The van der Waals surface area contributed by atoms with Gasteiger partial charge in [-0.1, -0.05) is 18.2 Å². The molecule has 0 aliphatic heterocycles. The minimum atomic E-state index is -1.23. The predicted molar refractivity (Wildman–Crippen MR) is 121 cm³/mol. The van der Waals surface area contributed by atoms with Crippen molar-refractivity contribution in [2.24, 2.45) is 7.05 Å². The third kappa shape index (κ3) is 3.42. The minimum Gasteiger partial charge on any atom is -0.480 e. The maximum absolute atomic E-state index is 13.4. The zero-order chi connectivity index (χ0) is 23.2. The van der Waals surface area contributed by atoms with E-state index in [1.807, 2.05) is 41.9 Å². The first-order chi connectivity index (χ1) is 15.2. The molecular formula is C22H21N3O6S. The Kier molecular flexibility index (Phi) is 5.47. The first kappa shape index (κ1) is 21.6. The second-order valence-corrected chi connectivity index (χ2v) is 8.36. The molecule has 9 nitrogen and oxygen atoms in total. The van der Waals surface area contributed by atoms with Crippen LogP contribution in [-0.2, 0) is 29.7 Å². The number of thiophene rings is 1. The minimum absolute atomic E-state index is 0.0393. The van der Waals surface area contributed by atoms with Crippen LogP contribution in [0, 0.1) is 6.92 Å². The summed E-state index contributed by atoms with van der Waals surface area (Å²) in [5, 5.41) is 10.5. The summed E-state index contributed by atoms with van der Waals surface area (Å²) in [4.78, 5) is 50.8. The summed E-state index contributed by atoms with van der Waals surface area (Å²) in [6.45, 7) is 2.75. The molecule has 0 unspecified atom stereocenters. The molecule has 4 rings (SSSR count). The number of carbonyl (C=O) groups excluding carboxylic acids is 1. The smallest absolute Gasteiger partial charge is 0.348 e. The molecule has 4 aromatic rings. The van der Waals surface area contributed by atoms with Gasteiger partial charge in [-0.2, -0.15) is 0 Å². The molecule has 0 fully saturated rings. The SMILES string of the molecule is CCOC(=O)c1sc2c(c1C)c(=O)n(Cc1cc3ccccc3n1C)c(=O)n2CC(=O)O. The van der Waals surface area contributed by atoms with E-state index in [4.69, 9.17) is 4.74 Å². The highest BCUT2D eigenvalue weighted by Gasteiger charge is 2.25. The van der Waals surface area contributed by atoms with Crippen LogP contribution in [0.5, 0.6) is 0 Å². The van der Waals surface area contributed by atoms with Crippen molar-refractivity contribution in [3.63, 3.8) is 0 Å². The number of aromatic nitrogens is 3. The molecule has 10 heteroatoms. The van der Waals surface area contributed by atoms with Crippen LogP contribution in [0.25, 0.3) is 21.1 Å². The van der Waals surface area contributed by atoms with Gasteiger partial charge in [0.2, 0.25) is 0 Å². The molecule has 3 heterocycles. The van der Waals surface area contributed by atoms with Gasteiger partial charge in [-0.3, -0.25) is 18.7 Å². The summed E-state index contributed by atoms with van der Waals surface area (Å²) in [5.74, 6) is -1.84. The molecule has 0 atom stereocenters. The molecular weight excluding hydrogens is 434 g/mol. The number of aryl methyl sites for hydroxylation is 2. The number of carboxylic acid groups (broad SMARTS) is 1. The zero-order valence-electron chi connectivity index (χ0n) is 17.7. The average Bonchev–Trinajstić information content (AvgIpc) is 3.26. The number of para-hydroxylation sites is 1. The van der Waals surface area contributed by atoms with Gasteiger partial charge in [0.1, 0.15) is 16.3 Å². The van der Waals surface area contributed by atoms with Crippen molar-refractivity contribution < 1.29 is 19.4 Å². The summed E-state index contributed by atoms with van der Waals surface area (Å²) in [7, 11) is 1.84. The van der Waals surface area contributed by atoms with Crippen LogP contribution in [0.2, 0.25) is 0 Å². The standard InChI is InChI=1S/C22H21N3O6S/c1-4-31-21(29)18-12(2)17-19(28)24(22(30)25(11-16(26)27)20(17)32-18)10-14-9-13-7-5-6-8-15(13)23(14)3/h5-9H,4,10-11H2,1-3H3,(H,26,27). The molecule has 0 saturated heterocycles. The molecule has 0 bridgehead atoms. The molecule has 0 saturated carbocycles. The lowest BCUT2D eigenvalue weighted by Gasteiger charge is -2.11. The summed E-state index contributed by atoms with van der Waals surface area (Å²) in [6, 6.07) is 9.55. The van der Waals surface area contributed by atoms with E-state index < -0.39 is 29.7 Å². The van der Waals surface area contributed by atoms with E-state index in [9.17, 15) is 24.3 Å². The van der Waals surface area contributed by atoms with Crippen molar-refractivity contribution >= 4 is 44.4 Å². The summed E-state index contributed by atoms with van der Waals surface area (Å²) >= 11 is 0.897. The van der Waals surface area contributed by atoms with Crippen molar-refractivity contribution in [1.29, 1.82) is 0 Å². The van der Waals surface area contributed by atoms with Gasteiger partial charge in [0.25, 0.3) is 5.56 Å². The third-order valence-corrected chi connectivity index (χ3v) is 6.71. The molecule has 0 aliphatic carbocycles. The Morgan fingerprint density at radius 3 is 2.53 bits per heavy atom.